The van der Waals surface area contributed by atoms with Crippen LogP contribution in [-0.2, 0) is 9.59 Å². The SMILES string of the molecule is CC(C)=CCC(C(=O)O)C(=O)O. The van der Waals surface area contributed by atoms with E-state index in [1.54, 1.807) is 19.9 Å². The molecule has 0 aromatic rings. The molecule has 0 rings (SSSR count). The van der Waals surface area contributed by atoms with Gasteiger partial charge in [0.15, 0.2) is 5.92 Å². The Bertz CT molecular complexity index is 199. The van der Waals surface area contributed by atoms with Crippen LogP contribution in [0, 0.1) is 5.92 Å². The van der Waals surface area contributed by atoms with Crippen molar-refractivity contribution in [2.24, 2.45) is 5.92 Å². The molecule has 0 spiro atoms. The molecule has 0 radical (unpaired) electrons. The minimum Gasteiger partial charge on any atom is -0.481 e. The van der Waals surface area contributed by atoms with Crippen molar-refractivity contribution in [1.29, 1.82) is 0 Å². The second kappa shape index (κ2) is 4.54. The fourth-order valence-corrected chi connectivity index (χ4v) is 0.661. The van der Waals surface area contributed by atoms with Crippen LogP contribution in [0.15, 0.2) is 11.6 Å². The zero-order valence-electron chi connectivity index (χ0n) is 7.07. The maximum atomic E-state index is 10.3. The average molecular weight is 172 g/mol. The van der Waals surface area contributed by atoms with Crippen LogP contribution >= 0.6 is 0 Å². The molecule has 0 unspecified atom stereocenters. The highest BCUT2D eigenvalue weighted by molar-refractivity contribution is 5.92. The molecule has 68 valence electrons. The summed E-state index contributed by atoms with van der Waals surface area (Å²) in [5.41, 5.74) is 0.919. The van der Waals surface area contributed by atoms with E-state index < -0.39 is 17.9 Å². The van der Waals surface area contributed by atoms with E-state index >= 15 is 0 Å². The number of carbonyl (C=O) groups is 2. The molecule has 4 nitrogen and oxygen atoms in total. The van der Waals surface area contributed by atoms with Gasteiger partial charge in [0.2, 0.25) is 0 Å². The number of carboxylic acid groups (broad SMARTS) is 2. The summed E-state index contributed by atoms with van der Waals surface area (Å²) in [5.74, 6) is -3.90. The molecule has 0 saturated heterocycles. The molecule has 0 amide bonds. The quantitative estimate of drug-likeness (QED) is 0.492. The number of rotatable bonds is 4. The maximum absolute atomic E-state index is 10.3. The Morgan fingerprint density at radius 3 is 1.92 bits per heavy atom. The van der Waals surface area contributed by atoms with Gasteiger partial charge in [-0.25, -0.2) is 0 Å². The topological polar surface area (TPSA) is 74.6 Å². The lowest BCUT2D eigenvalue weighted by Crippen LogP contribution is -2.22. The van der Waals surface area contributed by atoms with Gasteiger partial charge in [-0.05, 0) is 20.3 Å². The molecule has 2 N–H and O–H groups in total. The normalized spacial score (nSPS) is 9.58. The third kappa shape index (κ3) is 3.75. The summed E-state index contributed by atoms with van der Waals surface area (Å²) < 4.78 is 0. The Labute approximate surface area is 70.5 Å². The van der Waals surface area contributed by atoms with Crippen molar-refractivity contribution in [1.82, 2.24) is 0 Å². The van der Waals surface area contributed by atoms with Gasteiger partial charge in [0.05, 0.1) is 0 Å². The molecule has 4 heteroatoms. The first-order chi connectivity index (χ1) is 5.45. The standard InChI is InChI=1S/C8H12O4/c1-5(2)3-4-6(7(9)10)8(11)12/h3,6H,4H2,1-2H3,(H,9,10)(H,11,12). The van der Waals surface area contributed by atoms with Gasteiger partial charge in [0.1, 0.15) is 0 Å². The summed E-state index contributed by atoms with van der Waals surface area (Å²) in [7, 11) is 0. The Kier molecular flexibility index (Phi) is 4.04. The predicted octanol–water partition coefficient (Wildman–Crippen LogP) is 1.13. The first kappa shape index (κ1) is 10.7. The molecule has 0 aliphatic heterocycles. The lowest BCUT2D eigenvalue weighted by Gasteiger charge is -2.02. The third-order valence-corrected chi connectivity index (χ3v) is 1.36. The zero-order valence-corrected chi connectivity index (χ0v) is 7.07. The summed E-state index contributed by atoms with van der Waals surface area (Å²) in [6.07, 6.45) is 1.65. The van der Waals surface area contributed by atoms with E-state index in [1.165, 1.54) is 0 Å². The van der Waals surface area contributed by atoms with Crippen LogP contribution in [0.4, 0.5) is 0 Å². The number of hydrogen-bond acceptors (Lipinski definition) is 2. The Hall–Kier alpha value is -1.32. The molecule has 0 fully saturated rings. The van der Waals surface area contributed by atoms with E-state index in [9.17, 15) is 9.59 Å². The highest BCUT2D eigenvalue weighted by Crippen LogP contribution is 2.06. The summed E-state index contributed by atoms with van der Waals surface area (Å²) in [6.45, 7) is 3.58. The zero-order chi connectivity index (χ0) is 9.72. The molecule has 0 atom stereocenters. The van der Waals surface area contributed by atoms with Crippen LogP contribution < -0.4 is 0 Å². The monoisotopic (exact) mass is 172 g/mol. The summed E-state index contributed by atoms with van der Waals surface area (Å²) in [5, 5.41) is 16.9. The minimum absolute atomic E-state index is 0.0486. The van der Waals surface area contributed by atoms with E-state index in [0.717, 1.165) is 5.57 Å². The van der Waals surface area contributed by atoms with E-state index in [1.807, 2.05) is 0 Å². The fraction of sp³-hybridized carbons (Fsp3) is 0.500. The third-order valence-electron chi connectivity index (χ3n) is 1.36. The second-order valence-electron chi connectivity index (χ2n) is 2.75. The van der Waals surface area contributed by atoms with Crippen LogP contribution in [0.1, 0.15) is 20.3 Å². The first-order valence-electron chi connectivity index (χ1n) is 3.54. The second-order valence-corrected chi connectivity index (χ2v) is 2.75. The highest BCUT2D eigenvalue weighted by atomic mass is 16.4. The first-order valence-corrected chi connectivity index (χ1v) is 3.54. The van der Waals surface area contributed by atoms with Crippen LogP contribution in [0.25, 0.3) is 0 Å². The lowest BCUT2D eigenvalue weighted by atomic mass is 10.1. The van der Waals surface area contributed by atoms with Crippen molar-refractivity contribution in [3.63, 3.8) is 0 Å². The van der Waals surface area contributed by atoms with E-state index in [4.69, 9.17) is 10.2 Å². The van der Waals surface area contributed by atoms with Crippen molar-refractivity contribution in [2.75, 3.05) is 0 Å². The molecule has 0 heterocycles. The molecule has 0 bridgehead atoms. The van der Waals surface area contributed by atoms with Crippen molar-refractivity contribution in [3.05, 3.63) is 11.6 Å². The average Bonchev–Trinajstić information content (AvgIpc) is 1.84. The maximum Gasteiger partial charge on any atom is 0.318 e. The van der Waals surface area contributed by atoms with Crippen LogP contribution in [0.3, 0.4) is 0 Å². The largest absolute Gasteiger partial charge is 0.481 e. The molecular formula is C8H12O4. The summed E-state index contributed by atoms with van der Waals surface area (Å²) in [6, 6.07) is 0. The van der Waals surface area contributed by atoms with Crippen molar-refractivity contribution in [2.45, 2.75) is 20.3 Å². The number of allylic oxidation sites excluding steroid dienone is 2. The van der Waals surface area contributed by atoms with Gasteiger partial charge in [-0.1, -0.05) is 11.6 Å². The molecular weight excluding hydrogens is 160 g/mol. The van der Waals surface area contributed by atoms with Crippen molar-refractivity contribution < 1.29 is 19.8 Å². The molecule has 0 aliphatic rings. The number of carboxylic acids is 2. The van der Waals surface area contributed by atoms with Crippen LogP contribution in [0.2, 0.25) is 0 Å². The summed E-state index contributed by atoms with van der Waals surface area (Å²) in [4.78, 5) is 20.7. The molecule has 0 aromatic carbocycles. The van der Waals surface area contributed by atoms with Gasteiger partial charge in [0, 0.05) is 0 Å². The molecule has 0 aromatic heterocycles. The number of hydrogen-bond donors (Lipinski definition) is 2. The van der Waals surface area contributed by atoms with Crippen molar-refractivity contribution in [3.8, 4) is 0 Å². The van der Waals surface area contributed by atoms with Gasteiger partial charge in [-0.3, -0.25) is 9.59 Å². The molecule has 12 heavy (non-hydrogen) atoms. The summed E-state index contributed by atoms with van der Waals surface area (Å²) >= 11 is 0. The van der Waals surface area contributed by atoms with Gasteiger partial charge < -0.3 is 10.2 Å². The Morgan fingerprint density at radius 1 is 1.25 bits per heavy atom. The minimum atomic E-state index is -1.32. The Morgan fingerprint density at radius 2 is 1.67 bits per heavy atom. The van der Waals surface area contributed by atoms with Crippen LogP contribution in [0.5, 0.6) is 0 Å². The van der Waals surface area contributed by atoms with E-state index in [-0.39, 0.29) is 6.42 Å². The lowest BCUT2D eigenvalue weighted by molar-refractivity contribution is -0.154. The van der Waals surface area contributed by atoms with Crippen LogP contribution in [-0.4, -0.2) is 22.2 Å². The number of aliphatic carboxylic acids is 2. The van der Waals surface area contributed by atoms with Gasteiger partial charge >= 0.3 is 11.9 Å². The van der Waals surface area contributed by atoms with Gasteiger partial charge in [-0.2, -0.15) is 0 Å². The van der Waals surface area contributed by atoms with Crippen molar-refractivity contribution >= 4 is 11.9 Å². The van der Waals surface area contributed by atoms with E-state index in [0.29, 0.717) is 0 Å². The highest BCUT2D eigenvalue weighted by Gasteiger charge is 2.23. The predicted molar refractivity (Wildman–Crippen MR) is 42.8 cm³/mol. The smallest absolute Gasteiger partial charge is 0.318 e. The van der Waals surface area contributed by atoms with E-state index in [2.05, 4.69) is 0 Å². The molecule has 0 aliphatic carbocycles. The fourth-order valence-electron chi connectivity index (χ4n) is 0.661. The Balaban J connectivity index is 4.25. The van der Waals surface area contributed by atoms with Gasteiger partial charge in [-0.15, -0.1) is 0 Å². The molecule has 0 saturated carbocycles. The van der Waals surface area contributed by atoms with Gasteiger partial charge in [0.25, 0.3) is 0 Å².